The monoisotopic (exact) mass is 260 g/mol. The van der Waals surface area contributed by atoms with Crippen molar-refractivity contribution in [2.24, 2.45) is 0 Å². The third-order valence-electron chi connectivity index (χ3n) is 2.36. The Morgan fingerprint density at radius 2 is 1.94 bits per heavy atom. The van der Waals surface area contributed by atoms with E-state index in [1.807, 2.05) is 38.1 Å². The van der Waals surface area contributed by atoms with E-state index in [1.165, 1.54) is 6.33 Å². The molecule has 0 aliphatic rings. The van der Waals surface area contributed by atoms with Gasteiger partial charge in [0.25, 0.3) is 0 Å². The predicted molar refractivity (Wildman–Crippen MR) is 73.5 cm³/mol. The average molecular weight is 261 g/mol. The number of rotatable bonds is 1. The quantitative estimate of drug-likeness (QED) is 0.679. The lowest BCUT2D eigenvalue weighted by Crippen LogP contribution is -1.87. The number of fused-ring (bicyclic) bond motifs is 1. The molecule has 0 saturated carbocycles. The predicted octanol–water partition coefficient (Wildman–Crippen LogP) is 3.70. The largest absolute Gasteiger partial charge is 0.259 e. The Morgan fingerprint density at radius 1 is 1.11 bits per heavy atom. The molecule has 0 spiro atoms. The summed E-state index contributed by atoms with van der Waals surface area (Å²) in [5, 5.41) is 8.15. The Hall–Kier alpha value is -1.94. The molecule has 5 heteroatoms. The van der Waals surface area contributed by atoms with Crippen LogP contribution in [-0.2, 0) is 0 Å². The van der Waals surface area contributed by atoms with Crippen molar-refractivity contribution in [2.75, 3.05) is 0 Å². The normalized spacial score (nSPS) is 9.94. The molecule has 0 amide bonds. The van der Waals surface area contributed by atoms with Crippen LogP contribution in [0.4, 0.5) is 0 Å². The minimum absolute atomic E-state index is 0.472. The Balaban J connectivity index is 0.000000574. The number of nitrogens with one attached hydrogen (secondary N) is 1. The highest BCUT2D eigenvalue weighted by Crippen LogP contribution is 2.25. The van der Waals surface area contributed by atoms with E-state index >= 15 is 0 Å². The fourth-order valence-corrected chi connectivity index (χ4v) is 1.80. The second-order valence-electron chi connectivity index (χ2n) is 3.35. The zero-order chi connectivity index (χ0) is 13.0. The van der Waals surface area contributed by atoms with Gasteiger partial charge in [-0.25, -0.2) is 9.97 Å². The van der Waals surface area contributed by atoms with Gasteiger partial charge in [0.05, 0.1) is 5.52 Å². The number of aromatic nitrogens is 4. The number of benzene rings is 1. The lowest BCUT2D eigenvalue weighted by atomic mass is 10.1. The van der Waals surface area contributed by atoms with Gasteiger partial charge in [0.15, 0.2) is 5.82 Å². The summed E-state index contributed by atoms with van der Waals surface area (Å²) in [5.74, 6) is 0.695. The van der Waals surface area contributed by atoms with Crippen LogP contribution in [0.15, 0.2) is 36.7 Å². The van der Waals surface area contributed by atoms with Gasteiger partial charge in [-0.1, -0.05) is 37.6 Å². The summed E-state index contributed by atoms with van der Waals surface area (Å²) in [6, 6.07) is 9.58. The van der Waals surface area contributed by atoms with Gasteiger partial charge in [0.2, 0.25) is 0 Å². The molecule has 1 N–H and O–H groups in total. The first-order valence-corrected chi connectivity index (χ1v) is 6.13. The molecular formula is C13H13ClN4. The van der Waals surface area contributed by atoms with Crippen LogP contribution in [0.5, 0.6) is 0 Å². The Labute approximate surface area is 110 Å². The first-order chi connectivity index (χ1) is 8.84. The van der Waals surface area contributed by atoms with Crippen molar-refractivity contribution in [1.82, 2.24) is 20.2 Å². The van der Waals surface area contributed by atoms with Crippen molar-refractivity contribution in [3.05, 3.63) is 41.8 Å². The zero-order valence-electron chi connectivity index (χ0n) is 10.2. The molecule has 4 nitrogen and oxygen atoms in total. The summed E-state index contributed by atoms with van der Waals surface area (Å²) < 4.78 is 0. The fraction of sp³-hybridized carbons (Fsp3) is 0.154. The van der Waals surface area contributed by atoms with Gasteiger partial charge in [-0.05, 0) is 18.2 Å². The van der Waals surface area contributed by atoms with E-state index in [1.54, 1.807) is 6.07 Å². The van der Waals surface area contributed by atoms with Crippen molar-refractivity contribution < 1.29 is 0 Å². The number of aromatic amines is 1. The molecule has 0 radical (unpaired) electrons. The molecule has 0 unspecified atom stereocenters. The number of nitrogens with zero attached hydrogens (tertiary/aromatic N) is 3. The summed E-state index contributed by atoms with van der Waals surface area (Å²) in [6.45, 7) is 4.00. The van der Waals surface area contributed by atoms with E-state index in [0.29, 0.717) is 11.0 Å². The maximum absolute atomic E-state index is 5.89. The Bertz CT molecular complexity index is 635. The van der Waals surface area contributed by atoms with Gasteiger partial charge in [0, 0.05) is 10.9 Å². The van der Waals surface area contributed by atoms with Crippen LogP contribution in [-0.4, -0.2) is 20.2 Å². The van der Waals surface area contributed by atoms with Crippen LogP contribution in [0.2, 0.25) is 5.15 Å². The molecule has 0 atom stereocenters. The third kappa shape index (κ3) is 2.33. The second kappa shape index (κ2) is 5.60. The van der Waals surface area contributed by atoms with Gasteiger partial charge < -0.3 is 0 Å². The molecule has 2 heterocycles. The molecule has 2 aromatic heterocycles. The number of hydrogen-bond acceptors (Lipinski definition) is 3. The summed E-state index contributed by atoms with van der Waals surface area (Å²) in [5.41, 5.74) is 1.73. The summed E-state index contributed by atoms with van der Waals surface area (Å²) >= 11 is 5.89. The molecular weight excluding hydrogens is 248 g/mol. The molecule has 0 aliphatic carbocycles. The van der Waals surface area contributed by atoms with Gasteiger partial charge in [0.1, 0.15) is 11.5 Å². The van der Waals surface area contributed by atoms with Crippen LogP contribution in [0.1, 0.15) is 13.8 Å². The number of halogens is 1. The molecule has 18 heavy (non-hydrogen) atoms. The first-order valence-electron chi connectivity index (χ1n) is 5.75. The highest BCUT2D eigenvalue weighted by Gasteiger charge is 2.07. The fourth-order valence-electron chi connectivity index (χ4n) is 1.65. The SMILES string of the molecule is CC.Clc1ccc2cccc(-c3ncn[nH]3)c2n1. The van der Waals surface area contributed by atoms with Gasteiger partial charge in [-0.2, -0.15) is 5.10 Å². The van der Waals surface area contributed by atoms with E-state index < -0.39 is 0 Å². The lowest BCUT2D eigenvalue weighted by Gasteiger charge is -2.02. The van der Waals surface area contributed by atoms with Crippen molar-refractivity contribution in [2.45, 2.75) is 13.8 Å². The third-order valence-corrected chi connectivity index (χ3v) is 2.57. The molecule has 92 valence electrons. The first kappa shape index (κ1) is 12.5. The van der Waals surface area contributed by atoms with Crippen molar-refractivity contribution >= 4 is 22.5 Å². The zero-order valence-corrected chi connectivity index (χ0v) is 10.9. The number of pyridine rings is 1. The number of para-hydroxylation sites is 1. The highest BCUT2D eigenvalue weighted by atomic mass is 35.5. The summed E-state index contributed by atoms with van der Waals surface area (Å²) in [7, 11) is 0. The molecule has 1 aromatic carbocycles. The van der Waals surface area contributed by atoms with Crippen LogP contribution in [0.3, 0.4) is 0 Å². The molecule has 0 bridgehead atoms. The summed E-state index contributed by atoms with van der Waals surface area (Å²) in [6.07, 6.45) is 1.47. The molecule has 3 aromatic rings. The summed E-state index contributed by atoms with van der Waals surface area (Å²) in [4.78, 5) is 8.43. The van der Waals surface area contributed by atoms with E-state index in [9.17, 15) is 0 Å². The van der Waals surface area contributed by atoms with Crippen molar-refractivity contribution in [3.63, 3.8) is 0 Å². The van der Waals surface area contributed by atoms with Gasteiger partial charge in [-0.15, -0.1) is 0 Å². The van der Waals surface area contributed by atoms with Crippen molar-refractivity contribution in [1.29, 1.82) is 0 Å². The maximum Gasteiger partial charge on any atom is 0.157 e. The van der Waals surface area contributed by atoms with Crippen LogP contribution in [0.25, 0.3) is 22.3 Å². The second-order valence-corrected chi connectivity index (χ2v) is 3.73. The number of hydrogen-bond donors (Lipinski definition) is 1. The van der Waals surface area contributed by atoms with Crippen molar-refractivity contribution in [3.8, 4) is 11.4 Å². The van der Waals surface area contributed by atoms with Crippen LogP contribution in [0, 0.1) is 0 Å². The van der Waals surface area contributed by atoms with Gasteiger partial charge in [-0.3, -0.25) is 5.10 Å². The lowest BCUT2D eigenvalue weighted by molar-refractivity contribution is 1.10. The van der Waals surface area contributed by atoms with E-state index in [2.05, 4.69) is 20.2 Å². The smallest absolute Gasteiger partial charge is 0.157 e. The average Bonchev–Trinajstić information content (AvgIpc) is 2.94. The topological polar surface area (TPSA) is 54.5 Å². The standard InChI is InChI=1S/C11H7ClN4.C2H6/c12-9-5-4-7-2-1-3-8(10(7)15-9)11-13-6-14-16-11;1-2/h1-6H,(H,13,14,16);1-2H3. The number of H-pyrrole nitrogens is 1. The van der Waals surface area contributed by atoms with Crippen LogP contribution >= 0.6 is 11.6 Å². The molecule has 0 saturated heterocycles. The molecule has 3 rings (SSSR count). The minimum atomic E-state index is 0.472. The Kier molecular flexibility index (Phi) is 3.89. The Morgan fingerprint density at radius 3 is 2.67 bits per heavy atom. The van der Waals surface area contributed by atoms with Gasteiger partial charge >= 0.3 is 0 Å². The maximum atomic E-state index is 5.89. The minimum Gasteiger partial charge on any atom is -0.259 e. The highest BCUT2D eigenvalue weighted by molar-refractivity contribution is 6.29. The molecule has 0 fully saturated rings. The van der Waals surface area contributed by atoms with E-state index in [0.717, 1.165) is 16.5 Å². The van der Waals surface area contributed by atoms with E-state index in [-0.39, 0.29) is 0 Å². The molecule has 0 aliphatic heterocycles. The van der Waals surface area contributed by atoms with Crippen LogP contribution < -0.4 is 0 Å². The van der Waals surface area contributed by atoms with E-state index in [4.69, 9.17) is 11.6 Å².